The van der Waals surface area contributed by atoms with Gasteiger partial charge in [-0.1, -0.05) is 90.3 Å². The topological polar surface area (TPSA) is 204 Å². The van der Waals surface area contributed by atoms with Crippen LogP contribution in [0.1, 0.15) is 105 Å². The van der Waals surface area contributed by atoms with Gasteiger partial charge in [0.15, 0.2) is 29.1 Å². The van der Waals surface area contributed by atoms with Crippen LogP contribution in [0.3, 0.4) is 0 Å². The summed E-state index contributed by atoms with van der Waals surface area (Å²) in [6.45, 7) is 13.3. The molecule has 4 amide bonds. The second-order valence-corrected chi connectivity index (χ2v) is 18.4. The molecule has 10 atom stereocenters. The number of methoxy groups -OCH3 is 2. The molecular formula is C48H69F4N7O9. The molecule has 1 aliphatic heterocycles. The minimum absolute atomic E-state index is 0.115. The van der Waals surface area contributed by atoms with Crippen LogP contribution in [0.25, 0.3) is 10.4 Å². The Balaban J connectivity index is 1.79. The first-order valence-corrected chi connectivity index (χ1v) is 23.0. The smallest absolute Gasteiger partial charge is 0.410 e. The quantitative estimate of drug-likeness (QED) is 0.0342. The normalized spacial score (nSPS) is 17.8. The number of Topliss-reactive ketones (excluding diaryl/α,β-unsaturated/α-hetero) is 1. The number of likely N-dealkylation sites (N-methyl/N-ethyl adjacent to an activating group) is 2. The molecule has 20 heteroatoms. The third kappa shape index (κ3) is 13.5. The van der Waals surface area contributed by atoms with Crippen LogP contribution in [-0.2, 0) is 40.0 Å². The third-order valence-corrected chi connectivity index (χ3v) is 13.3. The Bertz CT molecular complexity index is 2080. The van der Waals surface area contributed by atoms with E-state index in [-0.39, 0.29) is 30.6 Å². The molecule has 378 valence electrons. The lowest BCUT2D eigenvalue weighted by molar-refractivity contribution is -0.149. The first-order chi connectivity index (χ1) is 32.0. The number of nitrogens with one attached hydrogen (secondary N) is 1. The molecule has 1 heterocycles. The molecule has 3 rings (SSSR count). The van der Waals surface area contributed by atoms with Crippen molar-refractivity contribution in [2.24, 2.45) is 34.7 Å². The molecule has 0 radical (unpaired) electrons. The summed E-state index contributed by atoms with van der Waals surface area (Å²) in [4.78, 5) is 76.1. The van der Waals surface area contributed by atoms with Crippen molar-refractivity contribution in [2.75, 3.05) is 34.9 Å². The van der Waals surface area contributed by atoms with Gasteiger partial charge >= 0.3 is 6.09 Å². The number of aliphatic hydroxyl groups is 1. The van der Waals surface area contributed by atoms with Gasteiger partial charge in [0.2, 0.25) is 17.7 Å². The predicted octanol–water partition coefficient (Wildman–Crippen LogP) is 8.17. The van der Waals surface area contributed by atoms with E-state index in [4.69, 9.17) is 19.7 Å². The van der Waals surface area contributed by atoms with E-state index in [9.17, 15) is 46.6 Å². The highest BCUT2D eigenvalue weighted by Crippen LogP contribution is 2.33. The molecule has 0 spiro atoms. The van der Waals surface area contributed by atoms with Crippen LogP contribution < -0.4 is 5.32 Å². The summed E-state index contributed by atoms with van der Waals surface area (Å²) < 4.78 is 75.0. The van der Waals surface area contributed by atoms with E-state index < -0.39 is 125 Å². The van der Waals surface area contributed by atoms with Crippen molar-refractivity contribution in [1.29, 1.82) is 0 Å². The van der Waals surface area contributed by atoms with Gasteiger partial charge in [0.25, 0.3) is 0 Å². The number of hydrogen-bond acceptors (Lipinski definition) is 10. The fourth-order valence-corrected chi connectivity index (χ4v) is 9.20. The summed E-state index contributed by atoms with van der Waals surface area (Å²) >= 11 is 0. The molecular weight excluding hydrogens is 895 g/mol. The third-order valence-electron chi connectivity index (χ3n) is 13.3. The molecule has 0 aliphatic carbocycles. The van der Waals surface area contributed by atoms with E-state index >= 15 is 0 Å². The van der Waals surface area contributed by atoms with Crippen LogP contribution in [-0.4, -0.2) is 121 Å². The summed E-state index contributed by atoms with van der Waals surface area (Å²) in [5, 5.41) is 16.4. The second kappa shape index (κ2) is 25.9. The van der Waals surface area contributed by atoms with E-state index in [1.807, 2.05) is 19.9 Å². The molecule has 16 nitrogen and oxygen atoms in total. The SMILES string of the molecule is CC[C@@H](C)[C@H]([C@H](CC(=O)N1CCC[C@@H]1[C@@H](OC)C(C)C(=O)N[C@@H](C)[C@H](O)c1ccccc1)OC)N(C)C(=O)[C@H](CC(=O)C(C(C)C)N(C)C(=O)OCc1c(F)c(F)c(N=[N+]=[N-])c(F)c1F)C(C)C. The number of likely N-dealkylation sites (tertiary alicyclic amines) is 1. The van der Waals surface area contributed by atoms with Crippen molar-refractivity contribution in [3.8, 4) is 0 Å². The number of nitrogens with zero attached hydrogens (tertiary/aromatic N) is 6. The number of ketones is 1. The number of carbonyl (C=O) groups is 5. The molecule has 1 aliphatic rings. The van der Waals surface area contributed by atoms with E-state index in [2.05, 4.69) is 15.3 Å². The lowest BCUT2D eigenvalue weighted by Gasteiger charge is -2.41. The van der Waals surface area contributed by atoms with Gasteiger partial charge in [-0.15, -0.1) is 0 Å². The van der Waals surface area contributed by atoms with Crippen LogP contribution >= 0.6 is 0 Å². The molecule has 1 fully saturated rings. The molecule has 1 saturated heterocycles. The molecule has 0 saturated carbocycles. The lowest BCUT2D eigenvalue weighted by atomic mass is 9.83. The summed E-state index contributed by atoms with van der Waals surface area (Å²) in [7, 11) is 5.75. The van der Waals surface area contributed by atoms with Crippen LogP contribution in [0.2, 0.25) is 0 Å². The monoisotopic (exact) mass is 964 g/mol. The molecule has 0 bridgehead atoms. The van der Waals surface area contributed by atoms with Crippen LogP contribution in [0, 0.1) is 52.9 Å². The lowest BCUT2D eigenvalue weighted by Crippen LogP contribution is -2.55. The Morgan fingerprint density at radius 3 is 2.01 bits per heavy atom. The number of aliphatic hydroxyl groups excluding tert-OH is 1. The highest BCUT2D eigenvalue weighted by Gasteiger charge is 2.44. The van der Waals surface area contributed by atoms with Gasteiger partial charge in [0.1, 0.15) is 12.3 Å². The molecule has 2 unspecified atom stereocenters. The zero-order chi connectivity index (χ0) is 51.3. The first-order valence-electron chi connectivity index (χ1n) is 23.0. The molecule has 2 N–H and O–H groups in total. The van der Waals surface area contributed by atoms with Crippen molar-refractivity contribution in [3.63, 3.8) is 0 Å². The van der Waals surface area contributed by atoms with Crippen LogP contribution in [0.5, 0.6) is 0 Å². The molecule has 2 aromatic carbocycles. The van der Waals surface area contributed by atoms with E-state index in [1.165, 1.54) is 26.2 Å². The zero-order valence-electron chi connectivity index (χ0n) is 41.2. The zero-order valence-corrected chi connectivity index (χ0v) is 41.2. The van der Waals surface area contributed by atoms with Gasteiger partial charge < -0.3 is 39.3 Å². The average Bonchev–Trinajstić information content (AvgIpc) is 3.80. The van der Waals surface area contributed by atoms with Gasteiger partial charge in [0.05, 0.1) is 60.4 Å². The number of amides is 4. The van der Waals surface area contributed by atoms with Crippen molar-refractivity contribution < 1.29 is 60.9 Å². The Labute approximate surface area is 396 Å². The van der Waals surface area contributed by atoms with E-state index in [0.29, 0.717) is 31.4 Å². The number of carbonyl (C=O) groups excluding carboxylic acids is 5. The highest BCUT2D eigenvalue weighted by atomic mass is 19.2. The van der Waals surface area contributed by atoms with Crippen molar-refractivity contribution in [3.05, 3.63) is 75.2 Å². The fourth-order valence-electron chi connectivity index (χ4n) is 9.20. The number of rotatable bonds is 24. The highest BCUT2D eigenvalue weighted by molar-refractivity contribution is 5.92. The Hall–Kier alpha value is -5.30. The Kier molecular flexibility index (Phi) is 21.7. The van der Waals surface area contributed by atoms with Crippen LogP contribution in [0.15, 0.2) is 35.4 Å². The molecule has 2 aromatic rings. The first kappa shape index (κ1) is 57.0. The number of hydrogen-bond donors (Lipinski definition) is 2. The van der Waals surface area contributed by atoms with Crippen molar-refractivity contribution in [1.82, 2.24) is 20.0 Å². The van der Waals surface area contributed by atoms with Crippen molar-refractivity contribution in [2.45, 2.75) is 137 Å². The van der Waals surface area contributed by atoms with Gasteiger partial charge in [-0.3, -0.25) is 19.2 Å². The van der Waals surface area contributed by atoms with Crippen molar-refractivity contribution >= 4 is 35.3 Å². The maximum Gasteiger partial charge on any atom is 0.410 e. The summed E-state index contributed by atoms with van der Waals surface area (Å²) in [5.41, 5.74) is 6.35. The van der Waals surface area contributed by atoms with Crippen LogP contribution in [0.4, 0.5) is 28.0 Å². The standard InChI is InChI=1S/C48H69F4N7O9/c1-13-27(6)43(35(66-11)23-36(61)59-21-17-20-33(59)45(67-12)28(7)46(63)54-29(8)44(62)30-18-15-14-16-19-30)57(9)47(64)31(25(2)3)22-34(60)42(26(4)5)58(10)48(65)68-24-32-37(49)39(51)41(55-56-53)40(52)38(32)50/h14-16,18-19,25-29,31,33,35,42-45,62H,13,17,20-24H2,1-12H3,(H,54,63)/t27-,28?,29+,31-,33-,35+,42?,43-,44+,45+/m1/s1. The minimum atomic E-state index is -1.98. The van der Waals surface area contributed by atoms with E-state index in [1.54, 1.807) is 77.8 Å². The van der Waals surface area contributed by atoms with Gasteiger partial charge in [-0.25, -0.2) is 22.4 Å². The number of azide groups is 1. The number of ether oxygens (including phenoxy) is 3. The minimum Gasteiger partial charge on any atom is -0.444 e. The van der Waals surface area contributed by atoms with E-state index in [0.717, 1.165) is 4.90 Å². The molecule has 68 heavy (non-hydrogen) atoms. The van der Waals surface area contributed by atoms with Gasteiger partial charge in [0, 0.05) is 52.1 Å². The Morgan fingerprint density at radius 2 is 1.50 bits per heavy atom. The molecule has 0 aromatic heterocycles. The summed E-state index contributed by atoms with van der Waals surface area (Å²) in [6, 6.07) is 6.07. The summed E-state index contributed by atoms with van der Waals surface area (Å²) in [5.74, 6) is -12.2. The largest absolute Gasteiger partial charge is 0.444 e. The fraction of sp³-hybridized carbons (Fsp3) is 0.646. The average molecular weight is 964 g/mol. The number of benzene rings is 2. The maximum atomic E-state index is 14.7. The number of halogens is 4. The predicted molar refractivity (Wildman–Crippen MR) is 245 cm³/mol. The summed E-state index contributed by atoms with van der Waals surface area (Å²) in [6.07, 6.45) is -2.29. The second-order valence-electron chi connectivity index (χ2n) is 18.4. The van der Waals surface area contributed by atoms with Gasteiger partial charge in [-0.05, 0) is 48.6 Å². The van der Waals surface area contributed by atoms with Gasteiger partial charge in [-0.2, -0.15) is 0 Å². The Morgan fingerprint density at radius 1 is 0.897 bits per heavy atom. The maximum absolute atomic E-state index is 14.7.